The molecule has 11 nitrogen and oxygen atoms in total. The molecule has 1 rings (SSSR count). The van der Waals surface area contributed by atoms with Crippen molar-refractivity contribution in [1.29, 1.82) is 0 Å². The number of hydrogen-bond donors (Lipinski definition) is 6. The van der Waals surface area contributed by atoms with Gasteiger partial charge in [0.15, 0.2) is 0 Å². The highest BCUT2D eigenvalue weighted by Gasteiger charge is 2.04. The minimum absolute atomic E-state index is 0.0817. The maximum atomic E-state index is 11.3. The summed E-state index contributed by atoms with van der Waals surface area (Å²) in [4.78, 5) is 29.5. The second-order valence-electron chi connectivity index (χ2n) is 4.48. The lowest BCUT2D eigenvalue weighted by Gasteiger charge is -2.04. The van der Waals surface area contributed by atoms with Gasteiger partial charge in [0.2, 0.25) is 0 Å². The van der Waals surface area contributed by atoms with Crippen LogP contribution < -0.4 is 20.8 Å². The topological polar surface area (TPSA) is 170 Å². The van der Waals surface area contributed by atoms with E-state index in [-0.39, 0.29) is 12.6 Å². The van der Waals surface area contributed by atoms with Crippen LogP contribution in [0.4, 0.5) is 4.79 Å². The highest BCUT2D eigenvalue weighted by molar-refractivity contribution is 6.27. The number of urea groups is 1. The molecule has 0 aliphatic rings. The Bertz CT molecular complexity index is 578. The van der Waals surface area contributed by atoms with Gasteiger partial charge in [-0.3, -0.25) is 0 Å². The van der Waals surface area contributed by atoms with E-state index in [2.05, 4.69) is 21.2 Å². The minimum Gasteiger partial charge on any atom is -0.497 e. The quantitative estimate of drug-likeness (QED) is 0.147. The molecule has 0 aliphatic carbocycles. The average molecular weight is 370 g/mol. The van der Waals surface area contributed by atoms with Crippen molar-refractivity contribution in [2.75, 3.05) is 33.4 Å². The molecule has 1 aromatic carbocycles. The van der Waals surface area contributed by atoms with Gasteiger partial charge in [0.1, 0.15) is 5.75 Å². The number of carboxylic acids is 2. The zero-order valence-electron chi connectivity index (χ0n) is 14.1. The third kappa shape index (κ3) is 12.3. The van der Waals surface area contributed by atoms with Crippen LogP contribution >= 0.6 is 0 Å². The Morgan fingerprint density at radius 2 is 1.69 bits per heavy atom. The van der Waals surface area contributed by atoms with E-state index in [4.69, 9.17) is 29.6 Å². The lowest BCUT2D eigenvalue weighted by atomic mass is 10.2. The molecule has 144 valence electrons. The molecule has 0 fully saturated rings. The number of carbonyl (C=O) groups is 3. The molecule has 0 bridgehead atoms. The predicted octanol–water partition coefficient (Wildman–Crippen LogP) is -0.934. The van der Waals surface area contributed by atoms with E-state index in [1.807, 2.05) is 24.3 Å². The zero-order valence-corrected chi connectivity index (χ0v) is 14.1. The molecule has 11 heteroatoms. The number of nitrogens with zero attached hydrogens (tertiary/aromatic N) is 1. The van der Waals surface area contributed by atoms with Gasteiger partial charge in [-0.15, -0.1) is 0 Å². The molecule has 0 unspecified atom stereocenters. The summed E-state index contributed by atoms with van der Waals surface area (Å²) in [5.41, 5.74) is 3.22. The van der Waals surface area contributed by atoms with Crippen LogP contribution in [0, 0.1) is 0 Å². The van der Waals surface area contributed by atoms with Crippen molar-refractivity contribution in [2.24, 2.45) is 5.10 Å². The standard InChI is InChI=1S/C13H20N4O3.C2H2O4/c1-20-12-4-2-11(3-5-12)10-16-17-13(19)15-7-6-14-8-9-18;3-1(4)2(5)6/h2-5,10,14,18H,6-9H2,1H3,(H2,15,17,19);(H,3,4)(H,5,6). The number of nitrogens with one attached hydrogen (secondary N) is 3. The number of amides is 2. The van der Waals surface area contributed by atoms with Crippen LogP contribution in [0.3, 0.4) is 0 Å². The summed E-state index contributed by atoms with van der Waals surface area (Å²) in [6, 6.07) is 6.92. The summed E-state index contributed by atoms with van der Waals surface area (Å²) >= 11 is 0. The predicted molar refractivity (Wildman–Crippen MR) is 92.3 cm³/mol. The molecule has 2 amide bonds. The Labute approximate surface area is 149 Å². The van der Waals surface area contributed by atoms with Gasteiger partial charge in [-0.25, -0.2) is 19.8 Å². The first-order valence-electron chi connectivity index (χ1n) is 7.39. The summed E-state index contributed by atoms with van der Waals surface area (Å²) in [6.07, 6.45) is 1.54. The number of carboxylic acid groups (broad SMARTS) is 2. The Hall–Kier alpha value is -3.18. The SMILES string of the molecule is COc1ccc(C=NNC(=O)NCCNCCO)cc1.O=C(O)C(=O)O. The van der Waals surface area contributed by atoms with Gasteiger partial charge in [-0.2, -0.15) is 5.10 Å². The van der Waals surface area contributed by atoms with E-state index in [0.29, 0.717) is 19.6 Å². The van der Waals surface area contributed by atoms with E-state index in [1.165, 1.54) is 0 Å². The number of hydrazone groups is 1. The molecular formula is C15H22N4O7. The summed E-state index contributed by atoms with van der Waals surface area (Å²) in [5.74, 6) is -2.88. The highest BCUT2D eigenvalue weighted by atomic mass is 16.5. The van der Waals surface area contributed by atoms with Crippen LogP contribution in [-0.2, 0) is 9.59 Å². The fraction of sp³-hybridized carbons (Fsp3) is 0.333. The van der Waals surface area contributed by atoms with E-state index in [0.717, 1.165) is 11.3 Å². The summed E-state index contributed by atoms with van der Waals surface area (Å²) in [6.45, 7) is 1.65. The number of aliphatic carboxylic acids is 2. The molecule has 26 heavy (non-hydrogen) atoms. The van der Waals surface area contributed by atoms with E-state index in [1.54, 1.807) is 13.3 Å². The van der Waals surface area contributed by atoms with Crippen molar-refractivity contribution in [2.45, 2.75) is 0 Å². The van der Waals surface area contributed by atoms with Crippen molar-refractivity contribution in [1.82, 2.24) is 16.1 Å². The smallest absolute Gasteiger partial charge is 0.414 e. The van der Waals surface area contributed by atoms with Gasteiger partial charge >= 0.3 is 18.0 Å². The molecule has 0 atom stereocenters. The first kappa shape index (κ1) is 22.8. The number of ether oxygens (including phenoxy) is 1. The van der Waals surface area contributed by atoms with E-state index >= 15 is 0 Å². The maximum absolute atomic E-state index is 11.3. The zero-order chi connectivity index (χ0) is 19.8. The monoisotopic (exact) mass is 370 g/mol. The molecule has 0 saturated heterocycles. The van der Waals surface area contributed by atoms with Gasteiger partial charge in [0.25, 0.3) is 0 Å². The largest absolute Gasteiger partial charge is 0.497 e. The Morgan fingerprint density at radius 1 is 1.08 bits per heavy atom. The third-order valence-corrected chi connectivity index (χ3v) is 2.55. The number of carbonyl (C=O) groups excluding carboxylic acids is 1. The number of aliphatic hydroxyl groups excluding tert-OH is 1. The fourth-order valence-corrected chi connectivity index (χ4v) is 1.36. The van der Waals surface area contributed by atoms with Crippen LogP contribution in [-0.4, -0.2) is 72.9 Å². The van der Waals surface area contributed by atoms with Gasteiger partial charge < -0.3 is 30.7 Å². The number of aliphatic hydroxyl groups is 1. The highest BCUT2D eigenvalue weighted by Crippen LogP contribution is 2.09. The normalized spacial score (nSPS) is 9.77. The van der Waals surface area contributed by atoms with Crippen molar-refractivity contribution in [3.63, 3.8) is 0 Å². The minimum atomic E-state index is -1.82. The number of rotatable bonds is 8. The third-order valence-electron chi connectivity index (χ3n) is 2.55. The molecule has 0 saturated carbocycles. The first-order valence-corrected chi connectivity index (χ1v) is 7.39. The van der Waals surface area contributed by atoms with Crippen LogP contribution in [0.5, 0.6) is 5.75 Å². The second kappa shape index (κ2) is 14.2. The molecule has 0 aliphatic heterocycles. The summed E-state index contributed by atoms with van der Waals surface area (Å²) in [5, 5.41) is 32.7. The Morgan fingerprint density at radius 3 is 2.19 bits per heavy atom. The van der Waals surface area contributed by atoms with Crippen LogP contribution in [0.2, 0.25) is 0 Å². The Balaban J connectivity index is 0.000000896. The van der Waals surface area contributed by atoms with E-state index in [9.17, 15) is 4.79 Å². The average Bonchev–Trinajstić information content (AvgIpc) is 2.62. The molecule has 0 spiro atoms. The second-order valence-corrected chi connectivity index (χ2v) is 4.48. The van der Waals surface area contributed by atoms with Crippen molar-refractivity contribution >= 4 is 24.2 Å². The lowest BCUT2D eigenvalue weighted by Crippen LogP contribution is -2.37. The lowest BCUT2D eigenvalue weighted by molar-refractivity contribution is -0.159. The van der Waals surface area contributed by atoms with Crippen molar-refractivity contribution in [3.05, 3.63) is 29.8 Å². The fourth-order valence-electron chi connectivity index (χ4n) is 1.36. The van der Waals surface area contributed by atoms with E-state index < -0.39 is 11.9 Å². The first-order chi connectivity index (χ1) is 12.4. The molecule has 0 radical (unpaired) electrons. The van der Waals surface area contributed by atoms with Gasteiger partial charge in [0.05, 0.1) is 19.9 Å². The summed E-state index contributed by atoms with van der Waals surface area (Å²) in [7, 11) is 1.60. The molecule has 0 aromatic heterocycles. The number of methoxy groups -OCH3 is 1. The number of hydrogen-bond acceptors (Lipinski definition) is 7. The maximum Gasteiger partial charge on any atom is 0.414 e. The van der Waals surface area contributed by atoms with Crippen molar-refractivity contribution in [3.8, 4) is 5.75 Å². The van der Waals surface area contributed by atoms with Crippen LogP contribution in [0.1, 0.15) is 5.56 Å². The van der Waals surface area contributed by atoms with Gasteiger partial charge in [-0.1, -0.05) is 0 Å². The Kier molecular flexibility index (Phi) is 12.5. The molecule has 1 aromatic rings. The van der Waals surface area contributed by atoms with Crippen molar-refractivity contribution < 1.29 is 34.4 Å². The summed E-state index contributed by atoms with van der Waals surface area (Å²) < 4.78 is 5.04. The molecular weight excluding hydrogens is 348 g/mol. The molecule has 6 N–H and O–H groups in total. The number of benzene rings is 1. The van der Waals surface area contributed by atoms with Crippen LogP contribution in [0.15, 0.2) is 29.4 Å². The van der Waals surface area contributed by atoms with Gasteiger partial charge in [-0.05, 0) is 29.8 Å². The molecule has 0 heterocycles. The van der Waals surface area contributed by atoms with Crippen LogP contribution in [0.25, 0.3) is 0 Å². The van der Waals surface area contributed by atoms with Gasteiger partial charge in [0, 0.05) is 19.6 Å².